The number of rotatable bonds is 5. The average Bonchev–Trinajstić information content (AvgIpc) is 2.80. The first-order valence-corrected chi connectivity index (χ1v) is 9.42. The van der Waals surface area contributed by atoms with Gasteiger partial charge in [-0.25, -0.2) is 0 Å². The largest absolute Gasteiger partial charge is 0.198 e. The molecule has 0 saturated heterocycles. The molecule has 0 spiro atoms. The molecule has 0 aromatic carbocycles. The molecule has 0 heterocycles. The van der Waals surface area contributed by atoms with E-state index in [-0.39, 0.29) is 28.2 Å². The Morgan fingerprint density at radius 2 is 1.48 bits per heavy atom. The monoisotopic (exact) mass is 453 g/mol. The molecule has 5 nitrogen and oxygen atoms in total. The molecule has 0 saturated carbocycles. The van der Waals surface area contributed by atoms with Crippen molar-refractivity contribution in [3.63, 3.8) is 0 Å². The maximum absolute atomic E-state index is 8.02. The van der Waals surface area contributed by atoms with Gasteiger partial charge in [-0.05, 0) is 40.5 Å². The van der Waals surface area contributed by atoms with Gasteiger partial charge in [0.05, 0.1) is 42.7 Å². The van der Waals surface area contributed by atoms with Gasteiger partial charge in [-0.3, -0.25) is 0 Å². The summed E-state index contributed by atoms with van der Waals surface area (Å²) in [7, 11) is 0. The Hall–Kier alpha value is -3.85. The van der Waals surface area contributed by atoms with Gasteiger partial charge in [0.15, 0.2) is 0 Å². The fourth-order valence-corrected chi connectivity index (χ4v) is 0.625. The SMILES string of the molecule is C.C.C.C/C=C(\C)C#N.C/C=C\CC#N.C=CC(C)C#N.C=CCCC#N.CC/C=C\C#N. The Kier molecular flexibility index (Phi) is 98.6. The third kappa shape index (κ3) is 111. The topological polar surface area (TPSA) is 119 Å². The highest BCUT2D eigenvalue weighted by atomic mass is 14.2. The van der Waals surface area contributed by atoms with E-state index in [2.05, 4.69) is 13.2 Å². The third-order valence-electron chi connectivity index (χ3n) is 2.50. The van der Waals surface area contributed by atoms with Crippen molar-refractivity contribution in [1.29, 1.82) is 26.3 Å². The number of nitrogens with zero attached hydrogens (tertiary/aromatic N) is 5. The lowest BCUT2D eigenvalue weighted by Crippen LogP contribution is -1.76. The molecular formula is C28H47N5. The van der Waals surface area contributed by atoms with Crippen LogP contribution >= 0.6 is 0 Å². The molecule has 0 fully saturated rings. The lowest BCUT2D eigenvalue weighted by Gasteiger charge is -1.80. The second-order valence-electron chi connectivity index (χ2n) is 5.09. The second kappa shape index (κ2) is 63.0. The van der Waals surface area contributed by atoms with Crippen LogP contribution in [0.4, 0.5) is 0 Å². The summed E-state index contributed by atoms with van der Waals surface area (Å²) in [6, 6.07) is 9.84. The minimum absolute atomic E-state index is 0. The molecule has 184 valence electrons. The van der Waals surface area contributed by atoms with E-state index in [0.717, 1.165) is 18.4 Å². The van der Waals surface area contributed by atoms with Crippen molar-refractivity contribution in [2.45, 2.75) is 82.6 Å². The second-order valence-corrected chi connectivity index (χ2v) is 5.09. The Labute approximate surface area is 206 Å². The minimum atomic E-state index is 0. The molecule has 0 N–H and O–H groups in total. The van der Waals surface area contributed by atoms with E-state index in [9.17, 15) is 0 Å². The summed E-state index contributed by atoms with van der Waals surface area (Å²) in [4.78, 5) is 0. The molecule has 0 aliphatic carbocycles. The van der Waals surface area contributed by atoms with Crippen LogP contribution in [0.25, 0.3) is 0 Å². The van der Waals surface area contributed by atoms with E-state index in [1.165, 1.54) is 6.08 Å². The Bertz CT molecular complexity index is 678. The highest BCUT2D eigenvalue weighted by Crippen LogP contribution is 1.88. The highest BCUT2D eigenvalue weighted by Gasteiger charge is 1.83. The number of hydrogen-bond acceptors (Lipinski definition) is 5. The fraction of sp³-hybridized carbons (Fsp3) is 0.464. The normalized spacial score (nSPS) is 8.42. The van der Waals surface area contributed by atoms with E-state index < -0.39 is 0 Å². The molecule has 0 aliphatic rings. The Morgan fingerprint density at radius 3 is 1.58 bits per heavy atom. The molecule has 0 rings (SSSR count). The first-order chi connectivity index (χ1) is 14.4. The van der Waals surface area contributed by atoms with Crippen LogP contribution in [0.2, 0.25) is 0 Å². The fourth-order valence-electron chi connectivity index (χ4n) is 0.625. The van der Waals surface area contributed by atoms with Crippen LogP contribution in [0, 0.1) is 62.6 Å². The zero-order chi connectivity index (χ0) is 24.5. The first kappa shape index (κ1) is 51.6. The van der Waals surface area contributed by atoms with Gasteiger partial charge in [0, 0.05) is 18.1 Å². The highest BCUT2D eigenvalue weighted by molar-refractivity contribution is 5.15. The summed E-state index contributed by atoms with van der Waals surface area (Å²) in [5.74, 6) is 0.00463. The quantitative estimate of drug-likeness (QED) is 0.233. The van der Waals surface area contributed by atoms with Crippen molar-refractivity contribution >= 4 is 0 Å². The maximum Gasteiger partial charge on any atom is 0.0940 e. The lowest BCUT2D eigenvalue weighted by molar-refractivity contribution is 0.960. The van der Waals surface area contributed by atoms with Gasteiger partial charge in [0.25, 0.3) is 0 Å². The smallest absolute Gasteiger partial charge is 0.0940 e. The first-order valence-electron chi connectivity index (χ1n) is 9.42. The third-order valence-corrected chi connectivity index (χ3v) is 2.50. The molecule has 0 aliphatic heterocycles. The minimum Gasteiger partial charge on any atom is -0.198 e. The van der Waals surface area contributed by atoms with Crippen molar-refractivity contribution in [2.24, 2.45) is 5.92 Å². The molecule has 0 radical (unpaired) electrons. The van der Waals surface area contributed by atoms with Gasteiger partial charge in [-0.15, -0.1) is 13.2 Å². The molecule has 0 aromatic rings. The van der Waals surface area contributed by atoms with Gasteiger partial charge in [0.2, 0.25) is 0 Å². The van der Waals surface area contributed by atoms with Crippen LogP contribution in [-0.2, 0) is 0 Å². The van der Waals surface area contributed by atoms with E-state index >= 15 is 0 Å². The van der Waals surface area contributed by atoms with Gasteiger partial charge >= 0.3 is 0 Å². The molecule has 0 amide bonds. The Morgan fingerprint density at radius 1 is 0.939 bits per heavy atom. The van der Waals surface area contributed by atoms with Gasteiger partial charge < -0.3 is 0 Å². The van der Waals surface area contributed by atoms with Crippen molar-refractivity contribution < 1.29 is 0 Å². The van der Waals surface area contributed by atoms with Crippen LogP contribution in [0.5, 0.6) is 0 Å². The summed E-state index contributed by atoms with van der Waals surface area (Å²) in [6.45, 7) is 16.2. The Balaban J connectivity index is -0.0000000386. The van der Waals surface area contributed by atoms with Gasteiger partial charge in [-0.1, -0.05) is 65.7 Å². The molecule has 0 bridgehead atoms. The van der Waals surface area contributed by atoms with Crippen LogP contribution in [0.1, 0.15) is 82.6 Å². The predicted octanol–water partition coefficient (Wildman–Crippen LogP) is 9.15. The lowest BCUT2D eigenvalue weighted by atomic mass is 10.2. The number of allylic oxidation sites excluding steroid dienone is 8. The molecule has 5 heteroatoms. The zero-order valence-corrected chi connectivity index (χ0v) is 19.1. The van der Waals surface area contributed by atoms with Crippen molar-refractivity contribution in [1.82, 2.24) is 0 Å². The van der Waals surface area contributed by atoms with E-state index in [1.54, 1.807) is 32.1 Å². The molecule has 0 aromatic heterocycles. The van der Waals surface area contributed by atoms with Crippen LogP contribution in [0.3, 0.4) is 0 Å². The number of nitriles is 5. The standard InChI is InChI=1S/5C5H7N.3CH4/c2*1-3-5(2)4-6;3*1-2-3-4-5-6;;;/h3H,1-2H3;3,5H,1H2,2H3;3-4H,2H2,1H3;2-3H,4H2,1H3;2H,1,3-4H2;3*1H4/b5-3+;;4-3-;3-2-;;;;. The summed E-state index contributed by atoms with van der Waals surface area (Å²) < 4.78 is 0. The van der Waals surface area contributed by atoms with Crippen LogP contribution < -0.4 is 0 Å². The van der Waals surface area contributed by atoms with Crippen LogP contribution in [0.15, 0.2) is 61.3 Å². The zero-order valence-electron chi connectivity index (χ0n) is 19.1. The van der Waals surface area contributed by atoms with Crippen molar-refractivity contribution in [3.8, 4) is 30.3 Å². The summed E-state index contributed by atoms with van der Waals surface area (Å²) >= 11 is 0. The number of unbranched alkanes of at least 4 members (excludes halogenated alkanes) is 1. The summed E-state index contributed by atoms with van der Waals surface area (Å²) in [6.07, 6.45) is 15.0. The molecular weight excluding hydrogens is 406 g/mol. The summed E-state index contributed by atoms with van der Waals surface area (Å²) in [5.41, 5.74) is 0.773. The molecule has 1 atom stereocenters. The molecule has 33 heavy (non-hydrogen) atoms. The van der Waals surface area contributed by atoms with E-state index in [0.29, 0.717) is 12.8 Å². The van der Waals surface area contributed by atoms with E-state index in [4.69, 9.17) is 26.3 Å². The predicted molar refractivity (Wildman–Crippen MR) is 145 cm³/mol. The maximum atomic E-state index is 8.02. The molecule has 1 unspecified atom stereocenters. The number of hydrogen-bond donors (Lipinski definition) is 0. The van der Waals surface area contributed by atoms with Crippen LogP contribution in [-0.4, -0.2) is 0 Å². The summed E-state index contributed by atoms with van der Waals surface area (Å²) in [5, 5.41) is 39.7. The van der Waals surface area contributed by atoms with Crippen molar-refractivity contribution in [3.05, 3.63) is 61.3 Å². The van der Waals surface area contributed by atoms with E-state index in [1.807, 2.05) is 69.3 Å². The average molecular weight is 454 g/mol. The van der Waals surface area contributed by atoms with Gasteiger partial charge in [-0.2, -0.15) is 26.3 Å². The van der Waals surface area contributed by atoms with Crippen molar-refractivity contribution in [2.75, 3.05) is 0 Å². The van der Waals surface area contributed by atoms with Gasteiger partial charge in [0.1, 0.15) is 0 Å².